The van der Waals surface area contributed by atoms with Crippen molar-refractivity contribution in [3.05, 3.63) is 22.4 Å². The van der Waals surface area contributed by atoms with Crippen LogP contribution < -0.4 is 0 Å². The van der Waals surface area contributed by atoms with Gasteiger partial charge in [0.2, 0.25) is 5.91 Å². The number of thiophene rings is 1. The Bertz CT molecular complexity index is 594. The van der Waals surface area contributed by atoms with Gasteiger partial charge in [0.05, 0.1) is 5.56 Å². The van der Waals surface area contributed by atoms with Gasteiger partial charge < -0.3 is 14.9 Å². The summed E-state index contributed by atoms with van der Waals surface area (Å²) in [6.07, 6.45) is 1.94. The normalized spacial score (nSPS) is 25.0. The lowest BCUT2D eigenvalue weighted by Gasteiger charge is -2.37. The average molecular weight is 365 g/mol. The number of piperidine rings is 1. The van der Waals surface area contributed by atoms with Crippen LogP contribution in [0, 0.1) is 23.7 Å². The summed E-state index contributed by atoms with van der Waals surface area (Å²) in [4.78, 5) is 28.6. The highest BCUT2D eigenvalue weighted by molar-refractivity contribution is 7.08. The van der Waals surface area contributed by atoms with Gasteiger partial charge in [-0.2, -0.15) is 11.3 Å². The van der Waals surface area contributed by atoms with Crippen molar-refractivity contribution < 1.29 is 14.7 Å². The third-order valence-electron chi connectivity index (χ3n) is 5.73. The lowest BCUT2D eigenvalue weighted by molar-refractivity contribution is -0.136. The van der Waals surface area contributed by atoms with Crippen LogP contribution in [0.1, 0.15) is 37.0 Å². The molecule has 1 aromatic heterocycles. The zero-order valence-electron chi connectivity index (χ0n) is 15.1. The zero-order valence-corrected chi connectivity index (χ0v) is 15.9. The highest BCUT2D eigenvalue weighted by Crippen LogP contribution is 2.36. The number of aliphatic hydroxyl groups excluding tert-OH is 1. The molecule has 1 aromatic rings. The summed E-state index contributed by atoms with van der Waals surface area (Å²) in [6, 6.07) is 1.87. The topological polar surface area (TPSA) is 60.9 Å². The van der Waals surface area contributed by atoms with E-state index in [0.717, 1.165) is 38.0 Å². The van der Waals surface area contributed by atoms with Gasteiger partial charge in [0.25, 0.3) is 5.91 Å². The SMILES string of the molecule is CC(C)C(=O)N1CCC([C@@H]2CN(C(=O)c3ccsc3)C[C@H]2CO)CC1. The van der Waals surface area contributed by atoms with Gasteiger partial charge >= 0.3 is 0 Å². The summed E-state index contributed by atoms with van der Waals surface area (Å²) < 4.78 is 0. The van der Waals surface area contributed by atoms with Crippen LogP contribution in [-0.4, -0.2) is 59.5 Å². The van der Waals surface area contributed by atoms with E-state index >= 15 is 0 Å². The van der Waals surface area contributed by atoms with Gasteiger partial charge in [-0.05, 0) is 36.1 Å². The van der Waals surface area contributed by atoms with Gasteiger partial charge in [0.1, 0.15) is 0 Å². The molecule has 0 aliphatic carbocycles. The number of nitrogens with zero attached hydrogens (tertiary/aromatic N) is 2. The molecule has 0 spiro atoms. The molecule has 0 unspecified atom stereocenters. The van der Waals surface area contributed by atoms with Crippen molar-refractivity contribution in [2.24, 2.45) is 23.7 Å². The van der Waals surface area contributed by atoms with Crippen LogP contribution >= 0.6 is 11.3 Å². The molecular weight excluding hydrogens is 336 g/mol. The molecule has 5 nitrogen and oxygen atoms in total. The quantitative estimate of drug-likeness (QED) is 0.892. The number of hydrogen-bond donors (Lipinski definition) is 1. The maximum atomic E-state index is 12.6. The molecular formula is C19H28N2O3S. The number of aliphatic hydroxyl groups is 1. The zero-order chi connectivity index (χ0) is 18.0. The minimum atomic E-state index is 0.0481. The Morgan fingerprint density at radius 3 is 2.52 bits per heavy atom. The first-order valence-electron chi connectivity index (χ1n) is 9.22. The molecule has 138 valence electrons. The van der Waals surface area contributed by atoms with Crippen molar-refractivity contribution in [2.75, 3.05) is 32.8 Å². The van der Waals surface area contributed by atoms with Crippen LogP contribution in [0.5, 0.6) is 0 Å². The molecule has 2 fully saturated rings. The molecule has 0 bridgehead atoms. The molecule has 2 saturated heterocycles. The molecule has 2 aliphatic rings. The van der Waals surface area contributed by atoms with Crippen molar-refractivity contribution in [3.63, 3.8) is 0 Å². The molecule has 25 heavy (non-hydrogen) atoms. The highest BCUT2D eigenvalue weighted by atomic mass is 32.1. The van der Waals surface area contributed by atoms with Gasteiger partial charge in [0.15, 0.2) is 0 Å². The smallest absolute Gasteiger partial charge is 0.254 e. The molecule has 2 amide bonds. The van der Waals surface area contributed by atoms with E-state index in [4.69, 9.17) is 0 Å². The number of carbonyl (C=O) groups excluding carboxylic acids is 2. The van der Waals surface area contributed by atoms with Crippen LogP contribution in [0.4, 0.5) is 0 Å². The molecule has 1 N–H and O–H groups in total. The number of likely N-dealkylation sites (tertiary alicyclic amines) is 2. The third kappa shape index (κ3) is 3.90. The van der Waals surface area contributed by atoms with Gasteiger partial charge in [-0.1, -0.05) is 13.8 Å². The summed E-state index contributed by atoms with van der Waals surface area (Å²) in [7, 11) is 0. The van der Waals surface area contributed by atoms with Crippen LogP contribution in [-0.2, 0) is 4.79 Å². The van der Waals surface area contributed by atoms with Crippen LogP contribution in [0.3, 0.4) is 0 Å². The summed E-state index contributed by atoms with van der Waals surface area (Å²) >= 11 is 1.53. The molecule has 6 heteroatoms. The Labute approximate surface area is 153 Å². The van der Waals surface area contributed by atoms with Crippen molar-refractivity contribution in [1.82, 2.24) is 9.80 Å². The molecule has 3 rings (SSSR count). The van der Waals surface area contributed by atoms with E-state index in [0.29, 0.717) is 18.4 Å². The second kappa shape index (κ2) is 7.87. The second-order valence-electron chi connectivity index (χ2n) is 7.65. The van der Waals surface area contributed by atoms with Crippen LogP contribution in [0.2, 0.25) is 0 Å². The van der Waals surface area contributed by atoms with Crippen LogP contribution in [0.15, 0.2) is 16.8 Å². The minimum Gasteiger partial charge on any atom is -0.396 e. The van der Waals surface area contributed by atoms with E-state index in [-0.39, 0.29) is 30.3 Å². The molecule has 3 heterocycles. The fourth-order valence-electron chi connectivity index (χ4n) is 4.27. The maximum absolute atomic E-state index is 12.6. The maximum Gasteiger partial charge on any atom is 0.254 e. The van der Waals surface area contributed by atoms with E-state index in [1.54, 1.807) is 0 Å². The Morgan fingerprint density at radius 1 is 1.24 bits per heavy atom. The van der Waals surface area contributed by atoms with Gasteiger partial charge in [0, 0.05) is 50.0 Å². The predicted molar refractivity (Wildman–Crippen MR) is 98.4 cm³/mol. The molecule has 2 aliphatic heterocycles. The first kappa shape index (κ1) is 18.4. The van der Waals surface area contributed by atoms with Gasteiger partial charge in [-0.15, -0.1) is 0 Å². The predicted octanol–water partition coefficient (Wildman–Crippen LogP) is 2.32. The number of hydrogen-bond acceptors (Lipinski definition) is 4. The van der Waals surface area contributed by atoms with Gasteiger partial charge in [-0.25, -0.2) is 0 Å². The number of amides is 2. The number of carbonyl (C=O) groups is 2. The largest absolute Gasteiger partial charge is 0.396 e. The van der Waals surface area contributed by atoms with Crippen molar-refractivity contribution >= 4 is 23.2 Å². The average Bonchev–Trinajstić information content (AvgIpc) is 3.30. The van der Waals surface area contributed by atoms with Crippen LogP contribution in [0.25, 0.3) is 0 Å². The summed E-state index contributed by atoms with van der Waals surface area (Å²) in [5.74, 6) is 1.33. The lowest BCUT2D eigenvalue weighted by Crippen LogP contribution is -2.43. The molecule has 0 saturated carbocycles. The van der Waals surface area contributed by atoms with E-state index in [1.165, 1.54) is 11.3 Å². The third-order valence-corrected chi connectivity index (χ3v) is 6.42. The standard InChI is InChI=1S/C19H28N2O3S/c1-13(2)18(23)20-6-3-14(4-7-20)17-10-21(9-16(17)11-22)19(24)15-5-8-25-12-15/h5,8,12-14,16-17,22H,3-4,6-7,9-11H2,1-2H3/t16-,17-/m0/s1. The summed E-state index contributed by atoms with van der Waals surface area (Å²) in [5, 5.41) is 13.6. The van der Waals surface area contributed by atoms with Gasteiger partial charge in [-0.3, -0.25) is 9.59 Å². The Hall–Kier alpha value is -1.40. The highest BCUT2D eigenvalue weighted by Gasteiger charge is 2.40. The van der Waals surface area contributed by atoms with Crippen molar-refractivity contribution in [1.29, 1.82) is 0 Å². The minimum absolute atomic E-state index is 0.0481. The molecule has 2 atom stereocenters. The number of rotatable bonds is 4. The lowest BCUT2D eigenvalue weighted by atomic mass is 9.78. The summed E-state index contributed by atoms with van der Waals surface area (Å²) in [5.41, 5.74) is 0.750. The molecule has 0 aromatic carbocycles. The van der Waals surface area contributed by atoms with Crippen molar-refractivity contribution in [2.45, 2.75) is 26.7 Å². The Kier molecular flexibility index (Phi) is 5.79. The Morgan fingerprint density at radius 2 is 1.96 bits per heavy atom. The fourth-order valence-corrected chi connectivity index (χ4v) is 4.90. The van der Waals surface area contributed by atoms with E-state index < -0.39 is 0 Å². The first-order valence-corrected chi connectivity index (χ1v) is 10.2. The Balaban J connectivity index is 1.60. The molecule has 0 radical (unpaired) electrons. The first-order chi connectivity index (χ1) is 12.0. The summed E-state index contributed by atoms with van der Waals surface area (Å²) in [6.45, 7) is 6.98. The second-order valence-corrected chi connectivity index (χ2v) is 8.43. The fraction of sp³-hybridized carbons (Fsp3) is 0.684. The van der Waals surface area contributed by atoms with E-state index in [1.807, 2.05) is 40.5 Å². The monoisotopic (exact) mass is 364 g/mol. The van der Waals surface area contributed by atoms with Crippen molar-refractivity contribution in [3.8, 4) is 0 Å². The van der Waals surface area contributed by atoms with E-state index in [9.17, 15) is 14.7 Å². The van der Waals surface area contributed by atoms with E-state index in [2.05, 4.69) is 0 Å².